The highest BCUT2D eigenvalue weighted by molar-refractivity contribution is 4.63. The molecular weight excluding hydrogens is 146 g/mol. The van der Waals surface area contributed by atoms with Crippen LogP contribution in [0, 0.1) is 0 Å². The van der Waals surface area contributed by atoms with E-state index in [9.17, 15) is 0 Å². The van der Waals surface area contributed by atoms with Gasteiger partial charge in [0.25, 0.3) is 0 Å². The van der Waals surface area contributed by atoms with Crippen molar-refractivity contribution in [1.82, 2.24) is 5.32 Å². The average molecular weight is 163 g/mol. The molecule has 4 nitrogen and oxygen atoms in total. The van der Waals surface area contributed by atoms with Crippen LogP contribution >= 0.6 is 0 Å². The highest BCUT2D eigenvalue weighted by atomic mass is 16.3. The van der Waals surface area contributed by atoms with Crippen molar-refractivity contribution in [2.45, 2.75) is 25.5 Å². The maximum Gasteiger partial charge on any atom is 0.0607 e. The van der Waals surface area contributed by atoms with E-state index in [0.717, 1.165) is 0 Å². The molecule has 0 aromatic carbocycles. The van der Waals surface area contributed by atoms with E-state index in [-0.39, 0.29) is 25.4 Å². The first-order valence-corrected chi connectivity index (χ1v) is 3.83. The van der Waals surface area contributed by atoms with Crippen LogP contribution in [-0.2, 0) is 0 Å². The number of aliphatic hydroxyl groups excluding tert-OH is 3. The summed E-state index contributed by atoms with van der Waals surface area (Å²) in [5, 5.41) is 28.9. The molecule has 0 bridgehead atoms. The van der Waals surface area contributed by atoms with Gasteiger partial charge in [-0.25, -0.2) is 0 Å². The molecule has 4 N–H and O–H groups in total. The predicted molar refractivity (Wildman–Crippen MR) is 42.3 cm³/mol. The number of hydrogen-bond donors (Lipinski definition) is 4. The highest BCUT2D eigenvalue weighted by Crippen LogP contribution is 1.87. The van der Waals surface area contributed by atoms with Crippen molar-refractivity contribution < 1.29 is 15.3 Å². The van der Waals surface area contributed by atoms with Crippen LogP contribution in [0.2, 0.25) is 0 Å². The zero-order valence-electron chi connectivity index (χ0n) is 6.82. The summed E-state index contributed by atoms with van der Waals surface area (Å²) in [6, 6.07) is -0.256. The number of aliphatic hydroxyl groups is 3. The van der Waals surface area contributed by atoms with Gasteiger partial charge >= 0.3 is 0 Å². The van der Waals surface area contributed by atoms with Crippen molar-refractivity contribution in [1.29, 1.82) is 0 Å². The molecule has 0 aliphatic heterocycles. The van der Waals surface area contributed by atoms with Crippen molar-refractivity contribution in [3.63, 3.8) is 0 Å². The summed E-state index contributed by atoms with van der Waals surface area (Å²) in [6.07, 6.45) is 0.303. The van der Waals surface area contributed by atoms with Gasteiger partial charge in [0.2, 0.25) is 0 Å². The molecule has 0 amide bonds. The lowest BCUT2D eigenvalue weighted by Gasteiger charge is -2.13. The molecule has 0 spiro atoms. The molecule has 0 radical (unpaired) electrons. The standard InChI is InChI=1S/C7H17NO3/c1-6(11)2-3-8-7(4-9)5-10/h6-11H,2-5H2,1H3. The molecule has 0 heterocycles. The summed E-state index contributed by atoms with van der Waals surface area (Å²) >= 11 is 0. The van der Waals surface area contributed by atoms with Crippen LogP contribution in [0.4, 0.5) is 0 Å². The Hall–Kier alpha value is -0.160. The first-order chi connectivity index (χ1) is 5.20. The molecule has 0 rings (SSSR count). The first-order valence-electron chi connectivity index (χ1n) is 3.83. The van der Waals surface area contributed by atoms with E-state index in [1.165, 1.54) is 0 Å². The third-order valence-electron chi connectivity index (χ3n) is 1.44. The van der Waals surface area contributed by atoms with Gasteiger partial charge in [-0.05, 0) is 19.9 Å². The molecule has 0 fully saturated rings. The van der Waals surface area contributed by atoms with E-state index in [0.29, 0.717) is 13.0 Å². The SMILES string of the molecule is CC(O)CCNC(CO)CO. The van der Waals surface area contributed by atoms with Gasteiger partial charge in [0.15, 0.2) is 0 Å². The van der Waals surface area contributed by atoms with Gasteiger partial charge in [-0.1, -0.05) is 0 Å². The van der Waals surface area contributed by atoms with Crippen LogP contribution in [0.5, 0.6) is 0 Å². The van der Waals surface area contributed by atoms with Crippen molar-refractivity contribution in [3.05, 3.63) is 0 Å². The molecule has 0 aromatic rings. The Balaban J connectivity index is 3.21. The quantitative estimate of drug-likeness (QED) is 0.393. The van der Waals surface area contributed by atoms with Crippen molar-refractivity contribution in [3.8, 4) is 0 Å². The summed E-state index contributed by atoms with van der Waals surface area (Å²) < 4.78 is 0. The summed E-state index contributed by atoms with van der Waals surface area (Å²) in [4.78, 5) is 0. The molecular formula is C7H17NO3. The topological polar surface area (TPSA) is 72.7 Å². The zero-order chi connectivity index (χ0) is 8.69. The third-order valence-corrected chi connectivity index (χ3v) is 1.44. The Labute approximate surface area is 66.9 Å². The molecule has 4 heteroatoms. The van der Waals surface area contributed by atoms with E-state index < -0.39 is 0 Å². The second-order valence-electron chi connectivity index (χ2n) is 2.65. The van der Waals surface area contributed by atoms with E-state index in [1.54, 1.807) is 6.92 Å². The molecule has 0 saturated carbocycles. The van der Waals surface area contributed by atoms with Gasteiger partial charge in [-0.15, -0.1) is 0 Å². The second-order valence-corrected chi connectivity index (χ2v) is 2.65. The Kier molecular flexibility index (Phi) is 6.45. The molecule has 68 valence electrons. The van der Waals surface area contributed by atoms with Gasteiger partial charge < -0.3 is 20.6 Å². The van der Waals surface area contributed by atoms with E-state index in [1.807, 2.05) is 0 Å². The fourth-order valence-corrected chi connectivity index (χ4v) is 0.683. The van der Waals surface area contributed by atoms with Crippen LogP contribution in [0.15, 0.2) is 0 Å². The Morgan fingerprint density at radius 2 is 1.82 bits per heavy atom. The second kappa shape index (κ2) is 6.54. The maximum absolute atomic E-state index is 8.85. The van der Waals surface area contributed by atoms with Crippen LogP contribution in [0.3, 0.4) is 0 Å². The lowest BCUT2D eigenvalue weighted by Crippen LogP contribution is -2.37. The summed E-state index contributed by atoms with van der Waals surface area (Å²) in [6.45, 7) is 2.17. The van der Waals surface area contributed by atoms with Crippen LogP contribution < -0.4 is 5.32 Å². The Bertz CT molecular complexity index is 83.8. The lowest BCUT2D eigenvalue weighted by atomic mass is 10.2. The number of hydrogen-bond acceptors (Lipinski definition) is 4. The fourth-order valence-electron chi connectivity index (χ4n) is 0.683. The van der Waals surface area contributed by atoms with Gasteiger partial charge in [-0.3, -0.25) is 0 Å². The molecule has 11 heavy (non-hydrogen) atoms. The summed E-state index contributed by atoms with van der Waals surface area (Å²) in [5.74, 6) is 0. The minimum atomic E-state index is -0.333. The van der Waals surface area contributed by atoms with Crippen LogP contribution in [0.1, 0.15) is 13.3 Å². The van der Waals surface area contributed by atoms with E-state index in [2.05, 4.69) is 5.32 Å². The summed E-state index contributed by atoms with van der Waals surface area (Å²) in [7, 11) is 0. The van der Waals surface area contributed by atoms with Gasteiger partial charge in [0, 0.05) is 0 Å². The largest absolute Gasteiger partial charge is 0.395 e. The van der Waals surface area contributed by atoms with Gasteiger partial charge in [-0.2, -0.15) is 0 Å². The smallest absolute Gasteiger partial charge is 0.0607 e. The minimum Gasteiger partial charge on any atom is -0.395 e. The van der Waals surface area contributed by atoms with Crippen LogP contribution in [-0.4, -0.2) is 47.2 Å². The average Bonchev–Trinajstić information content (AvgIpc) is 1.98. The highest BCUT2D eigenvalue weighted by Gasteiger charge is 2.03. The van der Waals surface area contributed by atoms with E-state index in [4.69, 9.17) is 15.3 Å². The molecule has 1 atom stereocenters. The Morgan fingerprint density at radius 1 is 1.27 bits per heavy atom. The molecule has 0 saturated heterocycles. The van der Waals surface area contributed by atoms with Gasteiger partial charge in [0.05, 0.1) is 25.4 Å². The number of nitrogens with one attached hydrogen (secondary N) is 1. The third kappa shape index (κ3) is 6.25. The van der Waals surface area contributed by atoms with Crippen molar-refractivity contribution in [2.75, 3.05) is 19.8 Å². The normalized spacial score (nSPS) is 13.9. The van der Waals surface area contributed by atoms with Gasteiger partial charge in [0.1, 0.15) is 0 Å². The fraction of sp³-hybridized carbons (Fsp3) is 1.00. The summed E-state index contributed by atoms with van der Waals surface area (Å²) in [5.41, 5.74) is 0. The molecule has 1 unspecified atom stereocenters. The number of rotatable bonds is 6. The van der Waals surface area contributed by atoms with Crippen molar-refractivity contribution >= 4 is 0 Å². The first kappa shape index (κ1) is 10.8. The zero-order valence-corrected chi connectivity index (χ0v) is 6.82. The Morgan fingerprint density at radius 3 is 2.18 bits per heavy atom. The monoisotopic (exact) mass is 163 g/mol. The van der Waals surface area contributed by atoms with E-state index >= 15 is 0 Å². The maximum atomic E-state index is 8.85. The molecule has 0 aromatic heterocycles. The predicted octanol–water partition coefficient (Wildman–Crippen LogP) is -1.30. The van der Waals surface area contributed by atoms with Crippen LogP contribution in [0.25, 0.3) is 0 Å². The molecule has 0 aliphatic carbocycles. The van der Waals surface area contributed by atoms with Crippen molar-refractivity contribution in [2.24, 2.45) is 0 Å². The lowest BCUT2D eigenvalue weighted by molar-refractivity contribution is 0.155. The molecule has 0 aliphatic rings. The minimum absolute atomic E-state index is 0.0731.